The zero-order chi connectivity index (χ0) is 24.0. The Morgan fingerprint density at radius 1 is 1.09 bits per heavy atom. The zero-order valence-electron chi connectivity index (χ0n) is 17.9. The van der Waals surface area contributed by atoms with Gasteiger partial charge in [-0.25, -0.2) is 9.18 Å². The van der Waals surface area contributed by atoms with Gasteiger partial charge in [0.1, 0.15) is 6.17 Å². The number of piperidine rings is 1. The third kappa shape index (κ3) is 7.00. The Hall–Kier alpha value is -2.97. The van der Waals surface area contributed by atoms with E-state index in [0.717, 1.165) is 16.7 Å². The van der Waals surface area contributed by atoms with Gasteiger partial charge in [-0.2, -0.15) is 0 Å². The van der Waals surface area contributed by atoms with Gasteiger partial charge in [-0.15, -0.1) is 0 Å². The summed E-state index contributed by atoms with van der Waals surface area (Å²) >= 11 is 6.04. The molecule has 7 nitrogen and oxygen atoms in total. The van der Waals surface area contributed by atoms with Crippen LogP contribution in [0.1, 0.15) is 24.8 Å². The van der Waals surface area contributed by atoms with Crippen LogP contribution in [0.5, 0.6) is 0 Å². The van der Waals surface area contributed by atoms with E-state index in [2.05, 4.69) is 5.32 Å². The van der Waals surface area contributed by atoms with E-state index in [0.29, 0.717) is 5.02 Å². The second-order valence-electron chi connectivity index (χ2n) is 8.14. The number of aliphatic hydroxyl groups is 1. The van der Waals surface area contributed by atoms with Gasteiger partial charge in [0.15, 0.2) is 6.10 Å². The third-order valence-corrected chi connectivity index (χ3v) is 5.86. The number of hydrogen-bond acceptors (Lipinski definition) is 4. The first-order valence-corrected chi connectivity index (χ1v) is 11.1. The van der Waals surface area contributed by atoms with Crippen LogP contribution in [0, 0.1) is 0 Å². The van der Waals surface area contributed by atoms with Crippen LogP contribution in [0.4, 0.5) is 4.39 Å². The second kappa shape index (κ2) is 11.2. The average molecular weight is 477 g/mol. The number of rotatable bonds is 7. The Morgan fingerprint density at radius 3 is 2.36 bits per heavy atom. The number of likely N-dealkylation sites (tertiary alicyclic amines) is 1. The predicted octanol–water partition coefficient (Wildman–Crippen LogP) is 2.83. The van der Waals surface area contributed by atoms with Crippen LogP contribution in [0.25, 0.3) is 11.1 Å². The number of amides is 2. The van der Waals surface area contributed by atoms with Gasteiger partial charge in [-0.1, -0.05) is 48.0 Å². The van der Waals surface area contributed by atoms with Crippen LogP contribution in [-0.2, 0) is 20.8 Å². The van der Waals surface area contributed by atoms with Crippen molar-refractivity contribution >= 4 is 29.4 Å². The van der Waals surface area contributed by atoms with Gasteiger partial charge < -0.3 is 20.4 Å². The minimum atomic E-state index is -1.70. The van der Waals surface area contributed by atoms with E-state index in [9.17, 15) is 23.9 Å². The van der Waals surface area contributed by atoms with Crippen LogP contribution < -0.4 is 5.32 Å². The van der Waals surface area contributed by atoms with E-state index in [4.69, 9.17) is 16.7 Å². The molecule has 0 bridgehead atoms. The summed E-state index contributed by atoms with van der Waals surface area (Å²) in [6, 6.07) is 14.0. The Kier molecular flexibility index (Phi) is 8.41. The molecule has 0 aliphatic carbocycles. The molecule has 1 aliphatic rings. The van der Waals surface area contributed by atoms with Crippen LogP contribution in [-0.4, -0.2) is 64.3 Å². The van der Waals surface area contributed by atoms with Crippen LogP contribution in [0.2, 0.25) is 5.02 Å². The number of carbonyl (C=O) groups excluding carboxylic acids is 2. The first-order chi connectivity index (χ1) is 15.7. The fourth-order valence-corrected chi connectivity index (χ4v) is 3.98. The fourth-order valence-electron chi connectivity index (χ4n) is 3.79. The molecule has 2 aromatic rings. The predicted molar refractivity (Wildman–Crippen MR) is 121 cm³/mol. The normalized spacial score (nSPS) is 16.2. The summed E-state index contributed by atoms with van der Waals surface area (Å²) in [5.74, 6) is -3.10. The lowest BCUT2D eigenvalue weighted by Crippen LogP contribution is -2.50. The van der Waals surface area contributed by atoms with E-state index >= 15 is 0 Å². The Balaban J connectivity index is 1.69. The van der Waals surface area contributed by atoms with Gasteiger partial charge in [0.25, 0.3) is 0 Å². The molecule has 33 heavy (non-hydrogen) atoms. The SMILES string of the molecule is O=C(NC(Cc1ccc(-c2cccc(Cl)c2)cc1)C[C@@H](O)C(=O)O)C(=O)N1CCC(F)CC1. The zero-order valence-corrected chi connectivity index (χ0v) is 18.7. The number of aliphatic hydroxyl groups excluding tert-OH is 1. The monoisotopic (exact) mass is 476 g/mol. The Bertz CT molecular complexity index is 993. The maximum atomic E-state index is 13.3. The van der Waals surface area contributed by atoms with Crippen LogP contribution in [0.3, 0.4) is 0 Å². The molecule has 0 aromatic heterocycles. The number of carboxylic acids is 1. The molecule has 0 radical (unpaired) electrons. The van der Waals surface area contributed by atoms with Gasteiger partial charge in [-0.05, 0) is 48.1 Å². The number of hydrogen-bond donors (Lipinski definition) is 3. The number of carbonyl (C=O) groups is 3. The maximum absolute atomic E-state index is 13.3. The molecule has 9 heteroatoms. The summed E-state index contributed by atoms with van der Waals surface area (Å²) in [4.78, 5) is 37.4. The summed E-state index contributed by atoms with van der Waals surface area (Å²) in [7, 11) is 0. The van der Waals surface area contributed by atoms with Gasteiger partial charge in [0.2, 0.25) is 0 Å². The number of aliphatic carboxylic acids is 1. The first kappa shape index (κ1) is 24.7. The molecule has 176 valence electrons. The smallest absolute Gasteiger partial charge is 0.332 e. The molecule has 1 fully saturated rings. The average Bonchev–Trinajstić information content (AvgIpc) is 2.79. The highest BCUT2D eigenvalue weighted by molar-refractivity contribution is 6.35. The molecule has 1 aliphatic heterocycles. The molecular weight excluding hydrogens is 451 g/mol. The minimum absolute atomic E-state index is 0.154. The van der Waals surface area contributed by atoms with Gasteiger partial charge in [0.05, 0.1) is 0 Å². The van der Waals surface area contributed by atoms with Crippen LogP contribution >= 0.6 is 11.6 Å². The van der Waals surface area contributed by atoms with Gasteiger partial charge in [0, 0.05) is 30.6 Å². The van der Waals surface area contributed by atoms with E-state index in [1.807, 2.05) is 42.5 Å². The molecule has 1 unspecified atom stereocenters. The Labute approximate surface area is 196 Å². The number of carboxylic acid groups (broad SMARTS) is 1. The van der Waals surface area contributed by atoms with Crippen molar-refractivity contribution in [1.82, 2.24) is 10.2 Å². The van der Waals surface area contributed by atoms with Crippen molar-refractivity contribution in [1.29, 1.82) is 0 Å². The molecule has 0 saturated carbocycles. The number of nitrogens with one attached hydrogen (secondary N) is 1. The van der Waals surface area contributed by atoms with Crippen molar-refractivity contribution in [2.45, 2.75) is 44.0 Å². The molecule has 3 rings (SSSR count). The topological polar surface area (TPSA) is 107 Å². The molecule has 2 atom stereocenters. The largest absolute Gasteiger partial charge is 0.479 e. The fraction of sp³-hybridized carbons (Fsp3) is 0.375. The summed E-state index contributed by atoms with van der Waals surface area (Å²) in [5, 5.41) is 22.1. The summed E-state index contributed by atoms with van der Waals surface area (Å²) in [5.41, 5.74) is 2.65. The summed E-state index contributed by atoms with van der Waals surface area (Å²) in [6.45, 7) is 0.307. The van der Waals surface area contributed by atoms with E-state index < -0.39 is 36.1 Å². The molecule has 3 N–H and O–H groups in total. The van der Waals surface area contributed by atoms with E-state index in [1.165, 1.54) is 4.90 Å². The highest BCUT2D eigenvalue weighted by Gasteiger charge is 2.29. The summed E-state index contributed by atoms with van der Waals surface area (Å²) < 4.78 is 13.3. The lowest BCUT2D eigenvalue weighted by Gasteiger charge is -2.29. The number of benzene rings is 2. The minimum Gasteiger partial charge on any atom is -0.479 e. The highest BCUT2D eigenvalue weighted by atomic mass is 35.5. The second-order valence-corrected chi connectivity index (χ2v) is 8.57. The van der Waals surface area contributed by atoms with Crippen molar-refractivity contribution in [2.75, 3.05) is 13.1 Å². The van der Waals surface area contributed by atoms with Crippen molar-refractivity contribution < 1.29 is 29.0 Å². The molecule has 2 amide bonds. The molecule has 0 spiro atoms. The molecular formula is C24H26ClFN2O5. The van der Waals surface area contributed by atoms with Crippen molar-refractivity contribution in [2.24, 2.45) is 0 Å². The highest BCUT2D eigenvalue weighted by Crippen LogP contribution is 2.23. The molecule has 2 aromatic carbocycles. The van der Waals surface area contributed by atoms with Crippen molar-refractivity contribution in [3.05, 3.63) is 59.1 Å². The lowest BCUT2D eigenvalue weighted by atomic mass is 9.97. The standard InChI is InChI=1S/C24H26ClFN2O5/c25-18-3-1-2-17(13-18)16-6-4-15(5-7-16)12-20(14-21(29)24(32)33)27-22(30)23(31)28-10-8-19(26)9-11-28/h1-7,13,19-21,29H,8-12,14H2,(H,27,30)(H,32,33)/t20?,21-/m1/s1. The third-order valence-electron chi connectivity index (χ3n) is 5.63. The Morgan fingerprint density at radius 2 is 1.76 bits per heavy atom. The van der Waals surface area contributed by atoms with E-state index in [1.54, 1.807) is 6.07 Å². The van der Waals surface area contributed by atoms with Gasteiger partial charge in [-0.3, -0.25) is 9.59 Å². The quantitative estimate of drug-likeness (QED) is 0.533. The number of halogens is 2. The first-order valence-electron chi connectivity index (χ1n) is 10.7. The number of nitrogens with zero attached hydrogens (tertiary/aromatic N) is 1. The number of alkyl halides is 1. The van der Waals surface area contributed by atoms with Crippen molar-refractivity contribution in [3.8, 4) is 11.1 Å². The molecule has 1 heterocycles. The summed E-state index contributed by atoms with van der Waals surface area (Å²) in [6.07, 6.45) is -2.37. The maximum Gasteiger partial charge on any atom is 0.332 e. The molecule has 1 saturated heterocycles. The lowest BCUT2D eigenvalue weighted by molar-refractivity contribution is -0.149. The van der Waals surface area contributed by atoms with Crippen molar-refractivity contribution in [3.63, 3.8) is 0 Å². The van der Waals surface area contributed by atoms with Crippen LogP contribution in [0.15, 0.2) is 48.5 Å². The van der Waals surface area contributed by atoms with Gasteiger partial charge >= 0.3 is 17.8 Å². The van der Waals surface area contributed by atoms with E-state index in [-0.39, 0.29) is 38.8 Å².